The molecule has 1 unspecified atom stereocenters. The van der Waals surface area contributed by atoms with E-state index in [0.29, 0.717) is 0 Å². The Kier molecular flexibility index (Phi) is 9.21. The summed E-state index contributed by atoms with van der Waals surface area (Å²) in [5.74, 6) is 0. The van der Waals surface area contributed by atoms with E-state index in [1.807, 2.05) is 11.3 Å². The lowest BCUT2D eigenvalue weighted by molar-refractivity contribution is 0.534. The molecule has 0 bridgehead atoms. The van der Waals surface area contributed by atoms with Crippen LogP contribution >= 0.6 is 11.3 Å². The van der Waals surface area contributed by atoms with Gasteiger partial charge in [0, 0.05) is 15.8 Å². The van der Waals surface area contributed by atoms with Crippen molar-refractivity contribution in [3.05, 3.63) is 21.4 Å². The molecule has 0 fully saturated rings. The van der Waals surface area contributed by atoms with Gasteiger partial charge in [-0.1, -0.05) is 64.7 Å². The van der Waals surface area contributed by atoms with Crippen molar-refractivity contribution in [2.75, 3.05) is 0 Å². The molecule has 2 heteroatoms. The molecule has 1 nitrogen and oxygen atoms in total. The second kappa shape index (κ2) is 10.4. The number of hydrogen-bond donors (Lipinski definition) is 1. The monoisotopic (exact) mass is 295 g/mol. The number of thiophene rings is 1. The molecule has 0 aliphatic carbocycles. The van der Waals surface area contributed by atoms with Gasteiger partial charge in [-0.05, 0) is 31.9 Å². The number of nitrogens with two attached hydrogens (primary N) is 1. The minimum atomic E-state index is 0.262. The van der Waals surface area contributed by atoms with E-state index in [9.17, 15) is 0 Å². The van der Waals surface area contributed by atoms with Gasteiger partial charge in [-0.2, -0.15) is 0 Å². The molecule has 0 aromatic carbocycles. The highest BCUT2D eigenvalue weighted by molar-refractivity contribution is 7.12. The molecule has 0 aliphatic heterocycles. The van der Waals surface area contributed by atoms with Gasteiger partial charge in [0.25, 0.3) is 0 Å². The van der Waals surface area contributed by atoms with Crippen LogP contribution in [-0.4, -0.2) is 0 Å². The van der Waals surface area contributed by atoms with Crippen LogP contribution < -0.4 is 5.73 Å². The van der Waals surface area contributed by atoms with Crippen LogP contribution in [0.5, 0.6) is 0 Å². The molecule has 1 atom stereocenters. The minimum absolute atomic E-state index is 0.262. The molecule has 1 aromatic heterocycles. The van der Waals surface area contributed by atoms with Crippen LogP contribution in [0.25, 0.3) is 0 Å². The normalized spacial score (nSPS) is 12.8. The molecule has 1 aromatic rings. The van der Waals surface area contributed by atoms with Gasteiger partial charge in [0.15, 0.2) is 0 Å². The Morgan fingerprint density at radius 2 is 1.50 bits per heavy atom. The third-order valence-corrected chi connectivity index (χ3v) is 5.32. The molecule has 0 saturated carbocycles. The first kappa shape index (κ1) is 17.7. The zero-order valence-electron chi connectivity index (χ0n) is 13.7. The molecule has 0 radical (unpaired) electrons. The summed E-state index contributed by atoms with van der Waals surface area (Å²) in [7, 11) is 0. The lowest BCUT2D eigenvalue weighted by Gasteiger charge is -2.10. The molecule has 0 aliphatic rings. The Balaban J connectivity index is 2.02. The van der Waals surface area contributed by atoms with Crippen molar-refractivity contribution in [3.8, 4) is 0 Å². The fraction of sp³-hybridized carbons (Fsp3) is 0.778. The summed E-state index contributed by atoms with van der Waals surface area (Å²) in [4.78, 5) is 2.79. The Labute approximate surface area is 130 Å². The first-order valence-electron chi connectivity index (χ1n) is 8.47. The number of aryl methyl sites for hydroxylation is 2. The Morgan fingerprint density at radius 1 is 0.950 bits per heavy atom. The summed E-state index contributed by atoms with van der Waals surface area (Å²) in [6.07, 6.45) is 13.6. The fourth-order valence-electron chi connectivity index (χ4n) is 2.83. The first-order valence-corrected chi connectivity index (χ1v) is 9.29. The maximum Gasteiger partial charge on any atom is 0.0392 e. The van der Waals surface area contributed by atoms with E-state index in [4.69, 9.17) is 5.73 Å². The van der Waals surface area contributed by atoms with Gasteiger partial charge < -0.3 is 5.73 Å². The van der Waals surface area contributed by atoms with Gasteiger partial charge in [-0.3, -0.25) is 0 Å². The van der Waals surface area contributed by atoms with Gasteiger partial charge in [0.05, 0.1) is 0 Å². The zero-order valence-corrected chi connectivity index (χ0v) is 14.5. The van der Waals surface area contributed by atoms with Crippen molar-refractivity contribution < 1.29 is 0 Å². The van der Waals surface area contributed by atoms with E-state index in [1.54, 1.807) is 0 Å². The number of rotatable bonds is 11. The van der Waals surface area contributed by atoms with E-state index < -0.39 is 0 Å². The van der Waals surface area contributed by atoms with E-state index >= 15 is 0 Å². The maximum atomic E-state index is 6.32. The highest BCUT2D eigenvalue weighted by Crippen LogP contribution is 2.29. The van der Waals surface area contributed by atoms with Gasteiger partial charge in [-0.25, -0.2) is 0 Å². The van der Waals surface area contributed by atoms with Crippen LogP contribution in [0.3, 0.4) is 0 Å². The average molecular weight is 296 g/mol. The van der Waals surface area contributed by atoms with E-state index in [0.717, 1.165) is 6.42 Å². The van der Waals surface area contributed by atoms with Crippen LogP contribution in [0.4, 0.5) is 0 Å². The largest absolute Gasteiger partial charge is 0.323 e. The summed E-state index contributed by atoms with van der Waals surface area (Å²) < 4.78 is 0. The molecule has 2 N–H and O–H groups in total. The molecule has 1 heterocycles. The van der Waals surface area contributed by atoms with Crippen molar-refractivity contribution in [1.29, 1.82) is 0 Å². The van der Waals surface area contributed by atoms with Gasteiger partial charge in [0.2, 0.25) is 0 Å². The summed E-state index contributed by atoms with van der Waals surface area (Å²) >= 11 is 1.88. The molecule has 0 amide bonds. The predicted octanol–water partition coefficient (Wildman–Crippen LogP) is 6.29. The lowest BCUT2D eigenvalue weighted by Crippen LogP contribution is -2.09. The number of hydrogen-bond acceptors (Lipinski definition) is 2. The summed E-state index contributed by atoms with van der Waals surface area (Å²) in [6, 6.07) is 2.52. The lowest BCUT2D eigenvalue weighted by atomic mass is 10.0. The van der Waals surface area contributed by atoms with Crippen molar-refractivity contribution in [1.82, 2.24) is 0 Å². The van der Waals surface area contributed by atoms with Gasteiger partial charge >= 0.3 is 0 Å². The molecule has 0 saturated heterocycles. The zero-order chi connectivity index (χ0) is 14.8. The predicted molar refractivity (Wildman–Crippen MR) is 92.6 cm³/mol. The maximum absolute atomic E-state index is 6.32. The second-order valence-corrected chi connectivity index (χ2v) is 7.42. The van der Waals surface area contributed by atoms with Crippen molar-refractivity contribution in [2.45, 2.75) is 91.0 Å². The van der Waals surface area contributed by atoms with Crippen LogP contribution in [0, 0.1) is 13.8 Å². The minimum Gasteiger partial charge on any atom is -0.323 e. The van der Waals surface area contributed by atoms with Crippen molar-refractivity contribution in [2.24, 2.45) is 5.73 Å². The molecule has 1 rings (SSSR count). The summed E-state index contributed by atoms with van der Waals surface area (Å²) in [5.41, 5.74) is 7.70. The fourth-order valence-corrected chi connectivity index (χ4v) is 3.91. The number of unbranched alkanes of at least 4 members (excludes halogenated alkanes) is 8. The van der Waals surface area contributed by atoms with Gasteiger partial charge in [-0.15, -0.1) is 11.3 Å². The van der Waals surface area contributed by atoms with Crippen LogP contribution in [0.1, 0.15) is 92.5 Å². The van der Waals surface area contributed by atoms with Crippen LogP contribution in [0.2, 0.25) is 0 Å². The molecule has 20 heavy (non-hydrogen) atoms. The SMILES string of the molecule is CCCCCCCCCCCC(N)c1sc(C)cc1C. The molecular formula is C18H33NS. The molecule has 0 spiro atoms. The third kappa shape index (κ3) is 6.90. The van der Waals surface area contributed by atoms with Crippen molar-refractivity contribution >= 4 is 11.3 Å². The third-order valence-electron chi connectivity index (χ3n) is 4.03. The Morgan fingerprint density at radius 3 is 2.00 bits per heavy atom. The molecular weight excluding hydrogens is 262 g/mol. The summed E-state index contributed by atoms with van der Waals surface area (Å²) in [6.45, 7) is 6.64. The Bertz CT molecular complexity index is 356. The smallest absolute Gasteiger partial charge is 0.0392 e. The molecule has 116 valence electrons. The van der Waals surface area contributed by atoms with Crippen molar-refractivity contribution in [3.63, 3.8) is 0 Å². The first-order chi connectivity index (χ1) is 9.65. The van der Waals surface area contributed by atoms with Crippen LogP contribution in [-0.2, 0) is 0 Å². The standard InChI is InChI=1S/C18H33NS/c1-4-5-6-7-8-9-10-11-12-13-17(19)18-15(2)14-16(3)20-18/h14,17H,4-13,19H2,1-3H3. The quantitative estimate of drug-likeness (QED) is 0.477. The van der Waals surface area contributed by atoms with E-state index in [2.05, 4.69) is 26.8 Å². The summed E-state index contributed by atoms with van der Waals surface area (Å²) in [5, 5.41) is 0. The van der Waals surface area contributed by atoms with Gasteiger partial charge in [0.1, 0.15) is 0 Å². The van der Waals surface area contributed by atoms with E-state index in [1.165, 1.54) is 73.1 Å². The topological polar surface area (TPSA) is 26.0 Å². The Hall–Kier alpha value is -0.340. The van der Waals surface area contributed by atoms with E-state index in [-0.39, 0.29) is 6.04 Å². The highest BCUT2D eigenvalue weighted by Gasteiger charge is 2.11. The second-order valence-electron chi connectivity index (χ2n) is 6.13. The van der Waals surface area contributed by atoms with Crippen LogP contribution in [0.15, 0.2) is 6.07 Å². The highest BCUT2D eigenvalue weighted by atomic mass is 32.1. The average Bonchev–Trinajstić information content (AvgIpc) is 2.75.